The molecule has 0 heterocycles. The first-order valence-corrected chi connectivity index (χ1v) is 8.32. The van der Waals surface area contributed by atoms with E-state index in [-0.39, 0.29) is 29.8 Å². The Kier molecular flexibility index (Phi) is 8.55. The minimum absolute atomic E-state index is 0.00126. The maximum atomic E-state index is 11.9. The molecule has 0 bridgehead atoms. The van der Waals surface area contributed by atoms with Gasteiger partial charge in [0.1, 0.15) is 0 Å². The van der Waals surface area contributed by atoms with Gasteiger partial charge in [-0.1, -0.05) is 13.0 Å². The Bertz CT molecular complexity index is 647. The van der Waals surface area contributed by atoms with E-state index in [1.54, 1.807) is 38.4 Å². The summed E-state index contributed by atoms with van der Waals surface area (Å²) in [5.41, 5.74) is 1.09. The van der Waals surface area contributed by atoms with E-state index in [1.165, 1.54) is 4.90 Å². The Balaban J connectivity index is 2.48. The van der Waals surface area contributed by atoms with Gasteiger partial charge in [-0.05, 0) is 36.8 Å². The van der Waals surface area contributed by atoms with Crippen LogP contribution in [-0.4, -0.2) is 48.5 Å². The minimum Gasteiger partial charge on any atom is -0.466 e. The number of amides is 2. The van der Waals surface area contributed by atoms with Crippen molar-refractivity contribution >= 4 is 40.8 Å². The van der Waals surface area contributed by atoms with Crippen LogP contribution < -0.4 is 10.6 Å². The molecule has 0 aliphatic rings. The molecule has 0 saturated heterocycles. The lowest BCUT2D eigenvalue weighted by atomic mass is 10.2. The monoisotopic (exact) mass is 365 g/mol. The van der Waals surface area contributed by atoms with Gasteiger partial charge >= 0.3 is 5.97 Å². The number of hydrogen-bond donors (Lipinski definition) is 2. The summed E-state index contributed by atoms with van der Waals surface area (Å²) < 4.78 is 4.89. The SMILES string of the molecule is CCCOC(=O)CCC(=O)NC(=S)Nc1cccc(C(=O)N(C)C)c1. The molecular formula is C17H23N3O4S. The second-order valence-corrected chi connectivity index (χ2v) is 5.91. The van der Waals surface area contributed by atoms with Crippen LogP contribution >= 0.6 is 12.2 Å². The van der Waals surface area contributed by atoms with E-state index in [1.807, 2.05) is 6.92 Å². The number of benzene rings is 1. The van der Waals surface area contributed by atoms with E-state index >= 15 is 0 Å². The third kappa shape index (κ3) is 7.75. The second-order valence-electron chi connectivity index (χ2n) is 5.50. The fourth-order valence-corrected chi connectivity index (χ4v) is 2.07. The first kappa shape index (κ1) is 20.6. The fraction of sp³-hybridized carbons (Fsp3) is 0.412. The van der Waals surface area contributed by atoms with Gasteiger partial charge in [0, 0.05) is 31.8 Å². The highest BCUT2D eigenvalue weighted by Crippen LogP contribution is 2.12. The third-order valence-corrected chi connectivity index (χ3v) is 3.25. The van der Waals surface area contributed by atoms with Gasteiger partial charge in [0.25, 0.3) is 5.91 Å². The standard InChI is InChI=1S/C17H23N3O4S/c1-4-10-24-15(22)9-8-14(21)19-17(25)18-13-7-5-6-12(11-13)16(23)20(2)3/h5-7,11H,4,8-10H2,1-3H3,(H2,18,19,21,25). The van der Waals surface area contributed by atoms with E-state index in [2.05, 4.69) is 10.6 Å². The van der Waals surface area contributed by atoms with Crippen molar-refractivity contribution in [1.29, 1.82) is 0 Å². The van der Waals surface area contributed by atoms with Gasteiger partial charge in [0.15, 0.2) is 5.11 Å². The lowest BCUT2D eigenvalue weighted by Gasteiger charge is -2.13. The van der Waals surface area contributed by atoms with Gasteiger partial charge in [0.2, 0.25) is 5.91 Å². The molecule has 8 heteroatoms. The Morgan fingerprint density at radius 2 is 1.92 bits per heavy atom. The van der Waals surface area contributed by atoms with Crippen molar-refractivity contribution < 1.29 is 19.1 Å². The summed E-state index contributed by atoms with van der Waals surface area (Å²) in [6, 6.07) is 6.78. The molecule has 0 unspecified atom stereocenters. The molecule has 2 amide bonds. The van der Waals surface area contributed by atoms with E-state index in [0.29, 0.717) is 17.9 Å². The molecule has 0 radical (unpaired) electrons. The van der Waals surface area contributed by atoms with Crippen molar-refractivity contribution in [2.45, 2.75) is 26.2 Å². The Morgan fingerprint density at radius 3 is 2.56 bits per heavy atom. The number of nitrogens with zero attached hydrogens (tertiary/aromatic N) is 1. The van der Waals surface area contributed by atoms with E-state index in [0.717, 1.165) is 6.42 Å². The minimum atomic E-state index is -0.411. The largest absolute Gasteiger partial charge is 0.466 e. The Morgan fingerprint density at radius 1 is 1.20 bits per heavy atom. The molecule has 0 spiro atoms. The third-order valence-electron chi connectivity index (χ3n) is 3.05. The van der Waals surface area contributed by atoms with Crippen LogP contribution in [0, 0.1) is 0 Å². The predicted molar refractivity (Wildman–Crippen MR) is 99.3 cm³/mol. The van der Waals surface area contributed by atoms with Crippen LogP contribution in [0.15, 0.2) is 24.3 Å². The van der Waals surface area contributed by atoms with Crippen LogP contribution in [0.4, 0.5) is 5.69 Å². The molecule has 1 aromatic carbocycles. The summed E-state index contributed by atoms with van der Waals surface area (Å²) in [4.78, 5) is 36.5. The molecule has 1 aromatic rings. The van der Waals surface area contributed by atoms with Gasteiger partial charge in [0.05, 0.1) is 13.0 Å². The Labute approximate surface area is 152 Å². The number of esters is 1. The normalized spacial score (nSPS) is 9.88. The summed E-state index contributed by atoms with van der Waals surface area (Å²) in [6.45, 7) is 2.24. The first-order valence-electron chi connectivity index (χ1n) is 7.91. The molecule has 25 heavy (non-hydrogen) atoms. The van der Waals surface area contributed by atoms with Crippen LogP contribution in [0.25, 0.3) is 0 Å². The van der Waals surface area contributed by atoms with Crippen molar-refractivity contribution in [3.8, 4) is 0 Å². The molecule has 2 N–H and O–H groups in total. The molecule has 0 atom stereocenters. The number of ether oxygens (including phenoxy) is 1. The molecule has 0 aliphatic heterocycles. The van der Waals surface area contributed by atoms with Crippen LogP contribution in [0.3, 0.4) is 0 Å². The van der Waals surface area contributed by atoms with Gasteiger partial charge in [-0.2, -0.15) is 0 Å². The molecular weight excluding hydrogens is 342 g/mol. The molecule has 0 aliphatic carbocycles. The smallest absolute Gasteiger partial charge is 0.306 e. The van der Waals surface area contributed by atoms with E-state index in [9.17, 15) is 14.4 Å². The summed E-state index contributed by atoms with van der Waals surface area (Å²) in [6.07, 6.45) is 0.728. The van der Waals surface area contributed by atoms with E-state index in [4.69, 9.17) is 17.0 Å². The van der Waals surface area contributed by atoms with Crippen LogP contribution in [0.5, 0.6) is 0 Å². The van der Waals surface area contributed by atoms with Crippen molar-refractivity contribution in [3.05, 3.63) is 29.8 Å². The van der Waals surface area contributed by atoms with Crippen molar-refractivity contribution in [2.75, 3.05) is 26.0 Å². The maximum Gasteiger partial charge on any atom is 0.306 e. The van der Waals surface area contributed by atoms with Crippen LogP contribution in [-0.2, 0) is 14.3 Å². The molecule has 7 nitrogen and oxygen atoms in total. The number of nitrogens with one attached hydrogen (secondary N) is 2. The fourth-order valence-electron chi connectivity index (χ4n) is 1.84. The summed E-state index contributed by atoms with van der Waals surface area (Å²) >= 11 is 5.07. The van der Waals surface area contributed by atoms with Crippen molar-refractivity contribution in [3.63, 3.8) is 0 Å². The number of hydrogen-bond acceptors (Lipinski definition) is 5. The molecule has 0 fully saturated rings. The number of anilines is 1. The second kappa shape index (κ2) is 10.4. The number of carbonyl (C=O) groups excluding carboxylic acids is 3. The highest BCUT2D eigenvalue weighted by Gasteiger charge is 2.11. The topological polar surface area (TPSA) is 87.7 Å². The van der Waals surface area contributed by atoms with Crippen LogP contribution in [0.2, 0.25) is 0 Å². The zero-order valence-corrected chi connectivity index (χ0v) is 15.4. The van der Waals surface area contributed by atoms with Crippen molar-refractivity contribution in [1.82, 2.24) is 10.2 Å². The predicted octanol–water partition coefficient (Wildman–Crippen LogP) is 1.93. The van der Waals surface area contributed by atoms with Crippen molar-refractivity contribution in [2.24, 2.45) is 0 Å². The highest BCUT2D eigenvalue weighted by molar-refractivity contribution is 7.80. The zero-order chi connectivity index (χ0) is 18.8. The maximum absolute atomic E-state index is 11.9. The van der Waals surface area contributed by atoms with Gasteiger partial charge < -0.3 is 20.3 Å². The van der Waals surface area contributed by atoms with Gasteiger partial charge in [-0.25, -0.2) is 0 Å². The summed E-state index contributed by atoms with van der Waals surface area (Å²) in [5, 5.41) is 5.43. The van der Waals surface area contributed by atoms with Gasteiger partial charge in [-0.15, -0.1) is 0 Å². The lowest BCUT2D eigenvalue weighted by Crippen LogP contribution is -2.34. The van der Waals surface area contributed by atoms with Gasteiger partial charge in [-0.3, -0.25) is 14.4 Å². The summed E-state index contributed by atoms with van der Waals surface area (Å²) in [7, 11) is 3.33. The molecule has 136 valence electrons. The number of rotatable bonds is 7. The van der Waals surface area contributed by atoms with Crippen LogP contribution in [0.1, 0.15) is 36.5 Å². The first-order chi connectivity index (χ1) is 11.8. The summed E-state index contributed by atoms with van der Waals surface area (Å²) in [5.74, 6) is -0.929. The Hall–Kier alpha value is -2.48. The quantitative estimate of drug-likeness (QED) is 0.567. The average molecular weight is 365 g/mol. The number of thiocarbonyl (C=S) groups is 1. The molecule has 0 aromatic heterocycles. The lowest BCUT2D eigenvalue weighted by molar-refractivity contribution is -0.144. The highest BCUT2D eigenvalue weighted by atomic mass is 32.1. The van der Waals surface area contributed by atoms with E-state index < -0.39 is 5.97 Å². The molecule has 0 saturated carbocycles. The molecule has 1 rings (SSSR count). The zero-order valence-electron chi connectivity index (χ0n) is 14.6. The average Bonchev–Trinajstić information content (AvgIpc) is 2.57. The number of carbonyl (C=O) groups is 3.